The van der Waals surface area contributed by atoms with Gasteiger partial charge in [0.05, 0.1) is 23.0 Å². The van der Waals surface area contributed by atoms with Crippen LogP contribution in [0.4, 0.5) is 5.69 Å². The van der Waals surface area contributed by atoms with Crippen LogP contribution in [0.5, 0.6) is 0 Å². The summed E-state index contributed by atoms with van der Waals surface area (Å²) < 4.78 is 0.708. The Morgan fingerprint density at radius 2 is 2.05 bits per heavy atom. The van der Waals surface area contributed by atoms with Crippen molar-refractivity contribution in [2.45, 2.75) is 13.8 Å². The summed E-state index contributed by atoms with van der Waals surface area (Å²) in [6, 6.07) is 7.30. The van der Waals surface area contributed by atoms with Gasteiger partial charge in [0.1, 0.15) is 0 Å². The zero-order chi connectivity index (χ0) is 15.9. The number of hydrogen-bond donors (Lipinski definition) is 2. The Balaban J connectivity index is 1.99. The highest BCUT2D eigenvalue weighted by molar-refractivity contribution is 9.10. The number of hydrogen-bond acceptors (Lipinski definition) is 2. The Kier molecular flexibility index (Phi) is 3.93. The van der Waals surface area contributed by atoms with Crippen molar-refractivity contribution in [3.05, 3.63) is 56.6 Å². The van der Waals surface area contributed by atoms with Gasteiger partial charge in [-0.2, -0.15) is 5.10 Å². The van der Waals surface area contributed by atoms with E-state index in [0.717, 1.165) is 22.0 Å². The summed E-state index contributed by atoms with van der Waals surface area (Å²) >= 11 is 9.52. The topological polar surface area (TPSA) is 57.8 Å². The van der Waals surface area contributed by atoms with Crippen LogP contribution in [-0.2, 0) is 0 Å². The molecule has 0 unspecified atom stereocenters. The molecule has 1 heterocycles. The molecular formula is C16H13BrClN3O. The Morgan fingerprint density at radius 1 is 1.27 bits per heavy atom. The van der Waals surface area contributed by atoms with Crippen molar-refractivity contribution in [2.75, 3.05) is 5.32 Å². The van der Waals surface area contributed by atoms with Crippen molar-refractivity contribution in [3.63, 3.8) is 0 Å². The zero-order valence-corrected chi connectivity index (χ0v) is 14.3. The number of aromatic amines is 1. The van der Waals surface area contributed by atoms with Crippen molar-refractivity contribution >= 4 is 50.0 Å². The first-order valence-corrected chi connectivity index (χ1v) is 7.84. The van der Waals surface area contributed by atoms with Crippen LogP contribution >= 0.6 is 27.5 Å². The van der Waals surface area contributed by atoms with Crippen molar-refractivity contribution in [2.24, 2.45) is 0 Å². The number of carbonyl (C=O) groups is 1. The summed E-state index contributed by atoms with van der Waals surface area (Å²) in [5.41, 5.74) is 4.00. The van der Waals surface area contributed by atoms with E-state index in [1.807, 2.05) is 32.0 Å². The number of amides is 1. The van der Waals surface area contributed by atoms with Gasteiger partial charge in [-0.15, -0.1) is 0 Å². The molecule has 3 rings (SSSR count). The monoisotopic (exact) mass is 377 g/mol. The summed E-state index contributed by atoms with van der Waals surface area (Å²) in [7, 11) is 0. The highest BCUT2D eigenvalue weighted by Gasteiger charge is 2.14. The van der Waals surface area contributed by atoms with E-state index in [0.29, 0.717) is 20.7 Å². The molecule has 0 aliphatic rings. The molecule has 0 bridgehead atoms. The minimum Gasteiger partial charge on any atom is -0.320 e. The van der Waals surface area contributed by atoms with E-state index in [2.05, 4.69) is 31.4 Å². The molecule has 1 aromatic heterocycles. The molecule has 3 aromatic rings. The smallest absolute Gasteiger partial charge is 0.256 e. The van der Waals surface area contributed by atoms with Crippen LogP contribution < -0.4 is 5.32 Å². The molecule has 0 spiro atoms. The standard InChI is InChI=1S/C16H13BrClN3O/c1-8-3-4-14(15-11(8)7-19-21-15)20-16(22)10-6-13(18)9(2)5-12(10)17/h3-7H,1-2H3,(H,19,21)(H,20,22). The number of rotatable bonds is 2. The molecule has 0 fully saturated rings. The Bertz CT molecular complexity index is 888. The van der Waals surface area contributed by atoms with Crippen LogP contribution in [0.1, 0.15) is 21.5 Å². The average molecular weight is 379 g/mol. The van der Waals surface area contributed by atoms with Crippen LogP contribution in [-0.4, -0.2) is 16.1 Å². The number of benzene rings is 2. The highest BCUT2D eigenvalue weighted by atomic mass is 79.9. The van der Waals surface area contributed by atoms with Gasteiger partial charge in [-0.05, 0) is 59.1 Å². The average Bonchev–Trinajstić information content (AvgIpc) is 2.96. The number of nitrogens with one attached hydrogen (secondary N) is 2. The summed E-state index contributed by atoms with van der Waals surface area (Å²) in [5, 5.41) is 11.4. The fourth-order valence-electron chi connectivity index (χ4n) is 2.29. The second kappa shape index (κ2) is 5.74. The van der Waals surface area contributed by atoms with Gasteiger partial charge in [0, 0.05) is 14.9 Å². The molecule has 0 aliphatic carbocycles. The Morgan fingerprint density at radius 3 is 2.82 bits per heavy atom. The number of H-pyrrole nitrogens is 1. The van der Waals surface area contributed by atoms with Crippen molar-refractivity contribution in [1.29, 1.82) is 0 Å². The quantitative estimate of drug-likeness (QED) is 0.670. The number of halogens is 2. The number of aromatic nitrogens is 2. The van der Waals surface area contributed by atoms with Crippen molar-refractivity contribution in [1.82, 2.24) is 10.2 Å². The lowest BCUT2D eigenvalue weighted by Crippen LogP contribution is -2.13. The molecule has 22 heavy (non-hydrogen) atoms. The van der Waals surface area contributed by atoms with Gasteiger partial charge in [-0.25, -0.2) is 0 Å². The lowest BCUT2D eigenvalue weighted by molar-refractivity contribution is 0.102. The molecule has 6 heteroatoms. The number of carbonyl (C=O) groups excluding carboxylic acids is 1. The van der Waals surface area contributed by atoms with E-state index < -0.39 is 0 Å². The maximum absolute atomic E-state index is 12.5. The number of nitrogens with zero attached hydrogens (tertiary/aromatic N) is 1. The SMILES string of the molecule is Cc1cc(Br)c(C(=O)Nc2ccc(C)c3cn[nH]c23)cc1Cl. The normalized spacial score (nSPS) is 10.9. The molecule has 0 atom stereocenters. The molecule has 0 radical (unpaired) electrons. The molecular weight excluding hydrogens is 366 g/mol. The van der Waals surface area contributed by atoms with Gasteiger partial charge in [0.2, 0.25) is 0 Å². The highest BCUT2D eigenvalue weighted by Crippen LogP contribution is 2.28. The van der Waals surface area contributed by atoms with E-state index in [-0.39, 0.29) is 5.91 Å². The molecule has 0 saturated heterocycles. The number of aryl methyl sites for hydroxylation is 2. The van der Waals surface area contributed by atoms with Crippen LogP contribution in [0.15, 0.2) is 34.9 Å². The fourth-order valence-corrected chi connectivity index (χ4v) is 3.09. The summed E-state index contributed by atoms with van der Waals surface area (Å²) in [4.78, 5) is 12.5. The van der Waals surface area contributed by atoms with Gasteiger partial charge in [0.15, 0.2) is 0 Å². The van der Waals surface area contributed by atoms with E-state index >= 15 is 0 Å². The van der Waals surface area contributed by atoms with Gasteiger partial charge >= 0.3 is 0 Å². The summed E-state index contributed by atoms with van der Waals surface area (Å²) in [6.07, 6.45) is 1.75. The molecule has 112 valence electrons. The largest absolute Gasteiger partial charge is 0.320 e. The molecule has 0 saturated carbocycles. The second-order valence-corrected chi connectivity index (χ2v) is 6.39. The third-order valence-electron chi connectivity index (χ3n) is 3.57. The predicted molar refractivity (Wildman–Crippen MR) is 92.7 cm³/mol. The second-order valence-electron chi connectivity index (χ2n) is 5.12. The lowest BCUT2D eigenvalue weighted by Gasteiger charge is -2.10. The van der Waals surface area contributed by atoms with Gasteiger partial charge in [0.25, 0.3) is 5.91 Å². The maximum atomic E-state index is 12.5. The summed E-state index contributed by atoms with van der Waals surface area (Å²) in [5.74, 6) is -0.228. The van der Waals surface area contributed by atoms with Crippen molar-refractivity contribution < 1.29 is 4.79 Å². The predicted octanol–water partition coefficient (Wildman–Crippen LogP) is 4.85. The van der Waals surface area contributed by atoms with E-state index in [9.17, 15) is 4.79 Å². The first-order chi connectivity index (χ1) is 10.5. The molecule has 0 aliphatic heterocycles. The van der Waals surface area contributed by atoms with Gasteiger partial charge < -0.3 is 5.32 Å². The third-order valence-corrected chi connectivity index (χ3v) is 4.64. The Hall–Kier alpha value is -1.85. The minimum atomic E-state index is -0.228. The van der Waals surface area contributed by atoms with Crippen LogP contribution in [0.2, 0.25) is 5.02 Å². The first-order valence-electron chi connectivity index (χ1n) is 6.67. The molecule has 1 amide bonds. The van der Waals surface area contributed by atoms with Gasteiger partial charge in [-0.1, -0.05) is 17.7 Å². The number of anilines is 1. The third kappa shape index (κ3) is 2.62. The molecule has 2 aromatic carbocycles. The van der Waals surface area contributed by atoms with E-state index in [1.165, 1.54) is 0 Å². The summed E-state index contributed by atoms with van der Waals surface area (Å²) in [6.45, 7) is 3.89. The zero-order valence-electron chi connectivity index (χ0n) is 12.0. The molecule has 4 nitrogen and oxygen atoms in total. The Labute approximate surface area is 141 Å². The van der Waals surface area contributed by atoms with E-state index in [4.69, 9.17) is 11.6 Å². The van der Waals surface area contributed by atoms with Crippen LogP contribution in [0.3, 0.4) is 0 Å². The van der Waals surface area contributed by atoms with E-state index in [1.54, 1.807) is 12.3 Å². The molecule has 2 N–H and O–H groups in total. The van der Waals surface area contributed by atoms with Crippen LogP contribution in [0.25, 0.3) is 10.9 Å². The maximum Gasteiger partial charge on any atom is 0.256 e. The van der Waals surface area contributed by atoms with Crippen LogP contribution in [0, 0.1) is 13.8 Å². The van der Waals surface area contributed by atoms with Gasteiger partial charge in [-0.3, -0.25) is 9.89 Å². The number of fused-ring (bicyclic) bond motifs is 1. The fraction of sp³-hybridized carbons (Fsp3) is 0.125. The lowest BCUT2D eigenvalue weighted by atomic mass is 10.1. The minimum absolute atomic E-state index is 0.228. The van der Waals surface area contributed by atoms with Crippen molar-refractivity contribution in [3.8, 4) is 0 Å². The first kappa shape index (κ1) is 15.1.